The summed E-state index contributed by atoms with van der Waals surface area (Å²) in [5, 5.41) is 1.76. The number of piperidine rings is 1. The summed E-state index contributed by atoms with van der Waals surface area (Å²) in [5.41, 5.74) is 1.14. The summed E-state index contributed by atoms with van der Waals surface area (Å²) in [4.78, 5) is 26.9. The summed E-state index contributed by atoms with van der Waals surface area (Å²) in [7, 11) is 0. The molecule has 0 aliphatic carbocycles. The third kappa shape index (κ3) is 6.84. The number of carbonyl (C=O) groups is 1. The van der Waals surface area contributed by atoms with E-state index < -0.39 is 0 Å². The van der Waals surface area contributed by atoms with Gasteiger partial charge in [0.15, 0.2) is 0 Å². The highest BCUT2D eigenvalue weighted by Crippen LogP contribution is 2.25. The van der Waals surface area contributed by atoms with Crippen molar-refractivity contribution < 1.29 is 14.4 Å². The molecule has 0 amide bonds. The first kappa shape index (κ1) is 23.4. The molecule has 2 aliphatic rings. The number of hydroxylamine groups is 2. The summed E-state index contributed by atoms with van der Waals surface area (Å²) in [5.74, 6) is 1.74. The SMILES string of the molecule is CC(C)(C)CC(=O)ON1CCCC(Oc2ccc(N3CCN(c4ccccn4)CC3)cc2)C1. The second-order valence-electron chi connectivity index (χ2n) is 10.1. The summed E-state index contributed by atoms with van der Waals surface area (Å²) < 4.78 is 6.22. The topological polar surface area (TPSA) is 58.1 Å². The third-order valence-corrected chi connectivity index (χ3v) is 6.00. The molecule has 1 atom stereocenters. The Bertz CT molecular complexity index is 890. The van der Waals surface area contributed by atoms with E-state index in [4.69, 9.17) is 9.57 Å². The van der Waals surface area contributed by atoms with Crippen molar-refractivity contribution in [1.29, 1.82) is 0 Å². The van der Waals surface area contributed by atoms with Crippen LogP contribution in [0.25, 0.3) is 0 Å². The van der Waals surface area contributed by atoms with Gasteiger partial charge in [0.1, 0.15) is 17.7 Å². The number of hydrogen-bond donors (Lipinski definition) is 0. The van der Waals surface area contributed by atoms with Gasteiger partial charge in [-0.25, -0.2) is 4.98 Å². The van der Waals surface area contributed by atoms with Crippen molar-refractivity contribution in [2.45, 2.75) is 46.1 Å². The minimum absolute atomic E-state index is 0.0222. The summed E-state index contributed by atoms with van der Waals surface area (Å²) in [6.07, 6.45) is 4.19. The lowest BCUT2D eigenvalue weighted by molar-refractivity contribution is -0.202. The van der Waals surface area contributed by atoms with Crippen LogP contribution in [-0.2, 0) is 9.63 Å². The van der Waals surface area contributed by atoms with Crippen LogP contribution in [0.3, 0.4) is 0 Å². The van der Waals surface area contributed by atoms with Crippen LogP contribution >= 0.6 is 0 Å². The smallest absolute Gasteiger partial charge is 0.325 e. The summed E-state index contributed by atoms with van der Waals surface area (Å²) in [6.45, 7) is 11.3. The molecule has 1 aromatic carbocycles. The van der Waals surface area contributed by atoms with Crippen LogP contribution in [0.2, 0.25) is 0 Å². The molecule has 4 rings (SSSR count). The van der Waals surface area contributed by atoms with Crippen LogP contribution in [0.15, 0.2) is 48.7 Å². The van der Waals surface area contributed by atoms with E-state index in [1.165, 1.54) is 5.69 Å². The molecule has 2 aromatic rings. The highest BCUT2D eigenvalue weighted by atomic mass is 16.7. The normalized spacial score (nSPS) is 19.9. The van der Waals surface area contributed by atoms with Gasteiger partial charge in [-0.1, -0.05) is 26.8 Å². The van der Waals surface area contributed by atoms with Gasteiger partial charge in [0.2, 0.25) is 0 Å². The number of anilines is 2. The largest absolute Gasteiger partial charge is 0.489 e. The summed E-state index contributed by atoms with van der Waals surface area (Å²) in [6, 6.07) is 14.4. The number of pyridine rings is 1. The van der Waals surface area contributed by atoms with Crippen LogP contribution in [-0.4, -0.2) is 61.4 Å². The fourth-order valence-electron chi connectivity index (χ4n) is 4.36. The van der Waals surface area contributed by atoms with Crippen LogP contribution in [0.1, 0.15) is 40.0 Å². The van der Waals surface area contributed by atoms with Crippen LogP contribution in [0.5, 0.6) is 5.75 Å². The Balaban J connectivity index is 1.25. The molecule has 1 unspecified atom stereocenters. The van der Waals surface area contributed by atoms with Crippen molar-refractivity contribution in [3.8, 4) is 5.75 Å². The van der Waals surface area contributed by atoms with Crippen molar-refractivity contribution in [2.24, 2.45) is 5.41 Å². The Morgan fingerprint density at radius 2 is 1.73 bits per heavy atom. The molecule has 33 heavy (non-hydrogen) atoms. The first-order valence-electron chi connectivity index (χ1n) is 12.0. The molecule has 7 nitrogen and oxygen atoms in total. The Morgan fingerprint density at radius 1 is 1.00 bits per heavy atom. The number of benzene rings is 1. The fourth-order valence-corrected chi connectivity index (χ4v) is 4.36. The minimum Gasteiger partial charge on any atom is -0.489 e. The zero-order valence-electron chi connectivity index (χ0n) is 20.1. The first-order chi connectivity index (χ1) is 15.9. The average molecular weight is 453 g/mol. The number of rotatable bonds is 6. The molecule has 1 aromatic heterocycles. The van der Waals surface area contributed by atoms with Gasteiger partial charge in [0, 0.05) is 44.6 Å². The predicted molar refractivity (Wildman–Crippen MR) is 130 cm³/mol. The highest BCUT2D eigenvalue weighted by molar-refractivity contribution is 5.69. The van der Waals surface area contributed by atoms with E-state index in [0.717, 1.165) is 57.1 Å². The van der Waals surface area contributed by atoms with Gasteiger partial charge in [-0.05, 0) is 54.7 Å². The minimum atomic E-state index is -0.171. The Kier molecular flexibility index (Phi) is 7.38. The molecule has 178 valence electrons. The molecule has 0 N–H and O–H groups in total. The Hall–Kier alpha value is -2.80. The van der Waals surface area contributed by atoms with E-state index in [1.54, 1.807) is 5.06 Å². The molecule has 2 fully saturated rings. The molecule has 2 aliphatic heterocycles. The third-order valence-electron chi connectivity index (χ3n) is 6.00. The van der Waals surface area contributed by atoms with E-state index in [-0.39, 0.29) is 17.5 Å². The van der Waals surface area contributed by atoms with Crippen molar-refractivity contribution in [3.05, 3.63) is 48.7 Å². The standard InChI is InChI=1S/C26H36N4O3/c1-26(2,3)19-25(31)33-30-14-6-7-23(20-30)32-22-11-9-21(10-12-22)28-15-17-29(18-16-28)24-8-4-5-13-27-24/h4-5,8-13,23H,6-7,14-20H2,1-3H3. The average Bonchev–Trinajstić information content (AvgIpc) is 2.79. The number of hydrogen-bond acceptors (Lipinski definition) is 7. The van der Waals surface area contributed by atoms with Gasteiger partial charge < -0.3 is 19.4 Å². The molecule has 0 spiro atoms. The lowest BCUT2D eigenvalue weighted by atomic mass is 9.93. The van der Waals surface area contributed by atoms with Crippen LogP contribution in [0.4, 0.5) is 11.5 Å². The molecular weight excluding hydrogens is 416 g/mol. The predicted octanol–water partition coefficient (Wildman–Crippen LogP) is 4.15. The maximum Gasteiger partial charge on any atom is 0.325 e. The number of aromatic nitrogens is 1. The van der Waals surface area contributed by atoms with Crippen molar-refractivity contribution in [3.63, 3.8) is 0 Å². The molecule has 0 radical (unpaired) electrons. The van der Waals surface area contributed by atoms with E-state index in [1.807, 2.05) is 51.2 Å². The van der Waals surface area contributed by atoms with Gasteiger partial charge in [-0.2, -0.15) is 0 Å². The van der Waals surface area contributed by atoms with E-state index in [2.05, 4.69) is 33.0 Å². The van der Waals surface area contributed by atoms with Gasteiger partial charge in [-0.15, -0.1) is 5.06 Å². The summed E-state index contributed by atoms with van der Waals surface area (Å²) >= 11 is 0. The van der Waals surface area contributed by atoms with Gasteiger partial charge in [0.25, 0.3) is 0 Å². The van der Waals surface area contributed by atoms with Crippen molar-refractivity contribution in [1.82, 2.24) is 10.0 Å². The zero-order chi connectivity index (χ0) is 23.3. The second kappa shape index (κ2) is 10.4. The number of carbonyl (C=O) groups excluding carboxylic acids is 1. The quantitative estimate of drug-likeness (QED) is 0.653. The highest BCUT2D eigenvalue weighted by Gasteiger charge is 2.26. The Labute approximate surface area is 197 Å². The van der Waals surface area contributed by atoms with E-state index >= 15 is 0 Å². The van der Waals surface area contributed by atoms with Crippen LogP contribution in [0, 0.1) is 5.41 Å². The van der Waals surface area contributed by atoms with E-state index in [9.17, 15) is 4.79 Å². The van der Waals surface area contributed by atoms with Gasteiger partial charge >= 0.3 is 5.97 Å². The lowest BCUT2D eigenvalue weighted by Crippen LogP contribution is -2.46. The van der Waals surface area contributed by atoms with Crippen molar-refractivity contribution in [2.75, 3.05) is 49.1 Å². The monoisotopic (exact) mass is 452 g/mol. The first-order valence-corrected chi connectivity index (χ1v) is 12.0. The molecule has 0 bridgehead atoms. The zero-order valence-corrected chi connectivity index (χ0v) is 20.1. The number of piperazine rings is 1. The molecule has 3 heterocycles. The van der Waals surface area contributed by atoms with Crippen molar-refractivity contribution >= 4 is 17.5 Å². The Morgan fingerprint density at radius 3 is 2.39 bits per heavy atom. The number of ether oxygens (including phenoxy) is 1. The number of nitrogens with zero attached hydrogens (tertiary/aromatic N) is 4. The lowest BCUT2D eigenvalue weighted by Gasteiger charge is -2.36. The fraction of sp³-hybridized carbons (Fsp3) is 0.538. The van der Waals surface area contributed by atoms with Crippen LogP contribution < -0.4 is 14.5 Å². The van der Waals surface area contributed by atoms with Gasteiger partial charge in [-0.3, -0.25) is 4.79 Å². The second-order valence-corrected chi connectivity index (χ2v) is 10.1. The van der Waals surface area contributed by atoms with Gasteiger partial charge in [0.05, 0.1) is 13.0 Å². The molecule has 0 saturated carbocycles. The molecular formula is C26H36N4O3. The molecule has 2 saturated heterocycles. The maximum absolute atomic E-state index is 12.2. The molecule has 7 heteroatoms. The van der Waals surface area contributed by atoms with E-state index in [0.29, 0.717) is 13.0 Å². The maximum atomic E-state index is 12.2.